The number of nitrogens with zero attached hydrogens (tertiary/aromatic N) is 5. The van der Waals surface area contributed by atoms with Crippen molar-refractivity contribution < 1.29 is 18.7 Å². The number of aromatic nitrogens is 4. The second kappa shape index (κ2) is 9.47. The molecule has 0 saturated carbocycles. The number of furan rings is 1. The fourth-order valence-corrected chi connectivity index (χ4v) is 4.25. The highest BCUT2D eigenvalue weighted by Gasteiger charge is 2.28. The molecule has 1 aliphatic rings. The number of benzene rings is 1. The number of thioether (sulfide) groups is 1. The van der Waals surface area contributed by atoms with Gasteiger partial charge in [-0.1, -0.05) is 42.1 Å². The van der Waals surface area contributed by atoms with Crippen molar-refractivity contribution >= 4 is 23.4 Å². The molecule has 0 aliphatic carbocycles. The van der Waals surface area contributed by atoms with Crippen LogP contribution in [0.4, 0.5) is 0 Å². The van der Waals surface area contributed by atoms with Gasteiger partial charge in [0.1, 0.15) is 24.2 Å². The summed E-state index contributed by atoms with van der Waals surface area (Å²) in [6.45, 7) is 5.35. The Balaban J connectivity index is 1.28. The largest absolute Gasteiger partial charge is 0.475 e. The van der Waals surface area contributed by atoms with Crippen LogP contribution in [0.25, 0.3) is 17.1 Å². The summed E-state index contributed by atoms with van der Waals surface area (Å²) in [4.78, 5) is 23.9. The van der Waals surface area contributed by atoms with E-state index in [-0.39, 0.29) is 18.6 Å². The predicted molar refractivity (Wildman–Crippen MR) is 127 cm³/mol. The molecule has 0 radical (unpaired) electrons. The van der Waals surface area contributed by atoms with Gasteiger partial charge in [0.25, 0.3) is 11.7 Å². The van der Waals surface area contributed by atoms with Gasteiger partial charge in [0, 0.05) is 23.9 Å². The second-order valence-corrected chi connectivity index (χ2v) is 8.82. The Labute approximate surface area is 201 Å². The van der Waals surface area contributed by atoms with Gasteiger partial charge >= 0.3 is 0 Å². The maximum absolute atomic E-state index is 13.3. The molecule has 4 aromatic rings. The number of carbonyl (C=O) groups is 1. The summed E-state index contributed by atoms with van der Waals surface area (Å²) < 4.78 is 19.4. The SMILES string of the molecule is CSc1nc2nc(C)cc(OCC3CN(C(=O)c4cc(-c5ccccc5)oc4C)CCO3)n2n1. The fourth-order valence-electron chi connectivity index (χ4n) is 3.92. The highest BCUT2D eigenvalue weighted by atomic mass is 32.2. The van der Waals surface area contributed by atoms with Crippen LogP contribution < -0.4 is 4.74 Å². The van der Waals surface area contributed by atoms with Crippen molar-refractivity contribution in [3.05, 3.63) is 59.5 Å². The first kappa shape index (κ1) is 22.4. The van der Waals surface area contributed by atoms with Crippen LogP contribution >= 0.6 is 11.8 Å². The van der Waals surface area contributed by atoms with Crippen molar-refractivity contribution in [1.29, 1.82) is 0 Å². The van der Waals surface area contributed by atoms with Gasteiger partial charge in [0.2, 0.25) is 11.0 Å². The van der Waals surface area contributed by atoms with Crippen molar-refractivity contribution in [2.24, 2.45) is 0 Å². The Morgan fingerprint density at radius 2 is 2.03 bits per heavy atom. The molecule has 1 fully saturated rings. The standard InChI is InChI=1S/C24H25N5O4S/c1-15-11-21(29-23(25-15)26-24(27-29)34-3)32-14-18-13-28(9-10-31-18)22(30)19-12-20(33-16(19)2)17-7-5-4-6-8-17/h4-8,11-12,18H,9-10,13-14H2,1-3H3. The van der Waals surface area contributed by atoms with Crippen LogP contribution in [0.5, 0.6) is 5.88 Å². The molecule has 1 saturated heterocycles. The molecule has 10 heteroatoms. The average molecular weight is 480 g/mol. The van der Waals surface area contributed by atoms with Crippen molar-refractivity contribution in [3.8, 4) is 17.2 Å². The summed E-state index contributed by atoms with van der Waals surface area (Å²) >= 11 is 1.44. The average Bonchev–Trinajstić information content (AvgIpc) is 3.46. The first-order valence-electron chi connectivity index (χ1n) is 11.0. The maximum Gasteiger partial charge on any atom is 0.257 e. The highest BCUT2D eigenvalue weighted by Crippen LogP contribution is 2.27. The lowest BCUT2D eigenvalue weighted by atomic mass is 10.1. The van der Waals surface area contributed by atoms with Gasteiger partial charge in [-0.05, 0) is 26.2 Å². The van der Waals surface area contributed by atoms with Crippen LogP contribution in [0.1, 0.15) is 21.8 Å². The maximum atomic E-state index is 13.3. The molecule has 0 spiro atoms. The number of aryl methyl sites for hydroxylation is 2. The molecule has 1 aromatic carbocycles. The lowest BCUT2D eigenvalue weighted by molar-refractivity contribution is -0.0410. The molecule has 3 aromatic heterocycles. The van der Waals surface area contributed by atoms with Gasteiger partial charge < -0.3 is 18.8 Å². The van der Waals surface area contributed by atoms with E-state index >= 15 is 0 Å². The molecule has 1 unspecified atom stereocenters. The van der Waals surface area contributed by atoms with E-state index in [1.807, 2.05) is 62.6 Å². The fraction of sp³-hybridized carbons (Fsp3) is 0.333. The minimum atomic E-state index is -0.273. The minimum absolute atomic E-state index is 0.0697. The van der Waals surface area contributed by atoms with Gasteiger partial charge in [-0.25, -0.2) is 4.98 Å². The molecule has 4 heterocycles. The third-order valence-electron chi connectivity index (χ3n) is 5.62. The van der Waals surface area contributed by atoms with Crippen LogP contribution in [0.3, 0.4) is 0 Å². The van der Waals surface area contributed by atoms with E-state index in [4.69, 9.17) is 13.9 Å². The van der Waals surface area contributed by atoms with E-state index in [9.17, 15) is 4.79 Å². The van der Waals surface area contributed by atoms with Gasteiger partial charge in [0.05, 0.1) is 18.7 Å². The molecular formula is C24H25N5O4S. The lowest BCUT2D eigenvalue weighted by Gasteiger charge is -2.32. The minimum Gasteiger partial charge on any atom is -0.475 e. The normalized spacial score (nSPS) is 16.2. The van der Waals surface area contributed by atoms with E-state index in [0.717, 1.165) is 11.3 Å². The number of morpholine rings is 1. The molecule has 176 valence electrons. The van der Waals surface area contributed by atoms with Crippen molar-refractivity contribution in [3.63, 3.8) is 0 Å². The summed E-state index contributed by atoms with van der Waals surface area (Å²) in [5.41, 5.74) is 2.29. The molecule has 1 amide bonds. The number of carbonyl (C=O) groups excluding carboxylic acids is 1. The Hall–Kier alpha value is -3.37. The van der Waals surface area contributed by atoms with Gasteiger partial charge in [-0.2, -0.15) is 9.50 Å². The molecule has 34 heavy (non-hydrogen) atoms. The Bertz CT molecular complexity index is 1320. The summed E-state index contributed by atoms with van der Waals surface area (Å²) in [5.74, 6) is 2.25. The highest BCUT2D eigenvalue weighted by molar-refractivity contribution is 7.98. The van der Waals surface area contributed by atoms with Crippen LogP contribution in [0.2, 0.25) is 0 Å². The van der Waals surface area contributed by atoms with Gasteiger partial charge in [-0.3, -0.25) is 4.79 Å². The quantitative estimate of drug-likeness (QED) is 0.387. The zero-order valence-corrected chi connectivity index (χ0v) is 20.0. The van der Waals surface area contributed by atoms with Crippen LogP contribution in [-0.4, -0.2) is 69.1 Å². The number of rotatable bonds is 6. The smallest absolute Gasteiger partial charge is 0.257 e. The van der Waals surface area contributed by atoms with E-state index < -0.39 is 0 Å². The van der Waals surface area contributed by atoms with E-state index in [2.05, 4.69) is 15.1 Å². The van der Waals surface area contributed by atoms with Crippen molar-refractivity contribution in [2.45, 2.75) is 25.1 Å². The first-order chi connectivity index (χ1) is 16.5. The Morgan fingerprint density at radius 3 is 2.82 bits per heavy atom. The second-order valence-electron chi connectivity index (χ2n) is 8.05. The number of ether oxygens (including phenoxy) is 2. The van der Waals surface area contributed by atoms with Gasteiger partial charge in [-0.15, -0.1) is 5.10 Å². The van der Waals surface area contributed by atoms with Crippen molar-refractivity contribution in [1.82, 2.24) is 24.5 Å². The number of hydrogen-bond acceptors (Lipinski definition) is 8. The molecule has 0 N–H and O–H groups in total. The zero-order valence-electron chi connectivity index (χ0n) is 19.2. The predicted octanol–water partition coefficient (Wildman–Crippen LogP) is 3.64. The monoisotopic (exact) mass is 479 g/mol. The summed E-state index contributed by atoms with van der Waals surface area (Å²) in [7, 11) is 0. The molecule has 1 atom stereocenters. The summed E-state index contributed by atoms with van der Waals surface area (Å²) in [6.07, 6.45) is 1.64. The molecule has 1 aliphatic heterocycles. The van der Waals surface area contributed by atoms with Crippen LogP contribution in [0.15, 0.2) is 52.0 Å². The Morgan fingerprint density at radius 1 is 1.21 bits per heavy atom. The number of amides is 1. The zero-order chi connectivity index (χ0) is 23.7. The summed E-state index contributed by atoms with van der Waals surface area (Å²) in [5, 5.41) is 5.05. The third-order valence-corrected chi connectivity index (χ3v) is 6.16. The topological polar surface area (TPSA) is 95.0 Å². The molecule has 0 bridgehead atoms. The first-order valence-corrected chi connectivity index (χ1v) is 12.2. The lowest BCUT2D eigenvalue weighted by Crippen LogP contribution is -2.47. The van der Waals surface area contributed by atoms with Crippen LogP contribution in [-0.2, 0) is 4.74 Å². The number of fused-ring (bicyclic) bond motifs is 1. The molecule has 9 nitrogen and oxygen atoms in total. The van der Waals surface area contributed by atoms with Crippen molar-refractivity contribution in [2.75, 3.05) is 32.6 Å². The molecular weight excluding hydrogens is 454 g/mol. The Kier molecular flexibility index (Phi) is 6.25. The summed E-state index contributed by atoms with van der Waals surface area (Å²) in [6, 6.07) is 13.4. The van der Waals surface area contributed by atoms with Gasteiger partial charge in [0.15, 0.2) is 0 Å². The number of hydrogen-bond donors (Lipinski definition) is 0. The van der Waals surface area contributed by atoms with E-state index in [1.54, 1.807) is 9.42 Å². The van der Waals surface area contributed by atoms with Crippen LogP contribution in [0, 0.1) is 13.8 Å². The third kappa shape index (κ3) is 4.51. The molecule has 5 rings (SSSR count). The van der Waals surface area contributed by atoms with E-state index in [1.165, 1.54) is 11.8 Å². The van der Waals surface area contributed by atoms with E-state index in [0.29, 0.717) is 53.6 Å².